The van der Waals surface area contributed by atoms with Crippen LogP contribution < -0.4 is 0 Å². The van der Waals surface area contributed by atoms with E-state index in [-0.39, 0.29) is 17.3 Å². The molecule has 27 heavy (non-hydrogen) atoms. The van der Waals surface area contributed by atoms with Crippen molar-refractivity contribution in [3.63, 3.8) is 0 Å². The van der Waals surface area contributed by atoms with E-state index in [0.29, 0.717) is 44.2 Å². The van der Waals surface area contributed by atoms with E-state index >= 15 is 0 Å². The van der Waals surface area contributed by atoms with Gasteiger partial charge in [0.2, 0.25) is 5.89 Å². The molecule has 1 N–H and O–H groups in total. The summed E-state index contributed by atoms with van der Waals surface area (Å²) in [5.41, 5.74) is 1.26. The third-order valence-corrected chi connectivity index (χ3v) is 4.40. The van der Waals surface area contributed by atoms with Gasteiger partial charge < -0.3 is 14.5 Å². The van der Waals surface area contributed by atoms with Gasteiger partial charge in [-0.2, -0.15) is 10.1 Å². The normalized spacial score (nSPS) is 13.6. The van der Waals surface area contributed by atoms with Crippen LogP contribution in [0.5, 0.6) is 0 Å². The maximum atomic E-state index is 12.5. The number of aromatic carboxylic acids is 1. The molecule has 4 rings (SSSR count). The first-order chi connectivity index (χ1) is 13.1. The van der Waals surface area contributed by atoms with Gasteiger partial charge in [0.15, 0.2) is 11.5 Å². The quantitative estimate of drug-likeness (QED) is 0.697. The fraction of sp³-hybridized carbons (Fsp3) is 0.278. The number of carbonyl (C=O) groups is 2. The summed E-state index contributed by atoms with van der Waals surface area (Å²) >= 11 is 0. The Labute approximate surface area is 154 Å². The van der Waals surface area contributed by atoms with Crippen molar-refractivity contribution in [1.29, 1.82) is 0 Å². The zero-order chi connectivity index (χ0) is 18.8. The molecule has 0 radical (unpaired) electrons. The Bertz CT molecular complexity index is 979. The topological polar surface area (TPSA) is 114 Å². The van der Waals surface area contributed by atoms with E-state index in [1.807, 2.05) is 30.3 Å². The molecular weight excluding hydrogens is 350 g/mol. The van der Waals surface area contributed by atoms with E-state index in [1.165, 1.54) is 10.7 Å². The lowest BCUT2D eigenvalue weighted by atomic mass is 10.1. The number of rotatable bonds is 6. The maximum Gasteiger partial charge on any atom is 0.356 e. The van der Waals surface area contributed by atoms with Gasteiger partial charge in [-0.15, -0.1) is 0 Å². The highest BCUT2D eigenvalue weighted by molar-refractivity contribution is 5.96. The summed E-state index contributed by atoms with van der Waals surface area (Å²) in [7, 11) is 0. The van der Waals surface area contributed by atoms with Gasteiger partial charge in [-0.25, -0.2) is 4.79 Å². The van der Waals surface area contributed by atoms with Crippen molar-refractivity contribution in [1.82, 2.24) is 24.8 Å². The molecule has 2 aromatic heterocycles. The van der Waals surface area contributed by atoms with Crippen LogP contribution in [0.4, 0.5) is 0 Å². The Morgan fingerprint density at radius 2 is 2.04 bits per heavy atom. The molecular formula is C18H17N5O4. The van der Waals surface area contributed by atoms with E-state index in [1.54, 1.807) is 4.90 Å². The Balaban J connectivity index is 1.38. The predicted molar refractivity (Wildman–Crippen MR) is 92.3 cm³/mol. The number of carboxylic acid groups (broad SMARTS) is 1. The fourth-order valence-electron chi connectivity index (χ4n) is 3.03. The molecule has 0 bridgehead atoms. The van der Waals surface area contributed by atoms with Gasteiger partial charge in [-0.05, 0) is 5.56 Å². The van der Waals surface area contributed by atoms with E-state index in [9.17, 15) is 9.59 Å². The Morgan fingerprint density at radius 3 is 2.81 bits per heavy atom. The average Bonchev–Trinajstić information content (AvgIpc) is 3.29. The van der Waals surface area contributed by atoms with Crippen molar-refractivity contribution in [2.75, 3.05) is 13.1 Å². The van der Waals surface area contributed by atoms with E-state index in [0.717, 1.165) is 5.56 Å². The number of carbonyl (C=O) groups excluding carboxylic acids is 1. The van der Waals surface area contributed by atoms with E-state index in [2.05, 4.69) is 15.2 Å². The van der Waals surface area contributed by atoms with Crippen LogP contribution in [-0.2, 0) is 19.4 Å². The Hall–Kier alpha value is -3.49. The van der Waals surface area contributed by atoms with Crippen LogP contribution in [0.25, 0.3) is 0 Å². The standard InChI is InChI=1S/C18H17N5O4/c24-17-14-11-13(18(25)26)20-23(14)9-8-22(17)7-6-16-19-15(21-27-16)10-12-4-2-1-3-5-12/h1-5,11H,6-10H2,(H,25,26). The monoisotopic (exact) mass is 367 g/mol. The lowest BCUT2D eigenvalue weighted by Gasteiger charge is -2.26. The summed E-state index contributed by atoms with van der Waals surface area (Å²) in [5.74, 6) is -0.317. The minimum atomic E-state index is -1.15. The first-order valence-corrected chi connectivity index (χ1v) is 8.56. The van der Waals surface area contributed by atoms with Gasteiger partial charge in [-0.3, -0.25) is 9.48 Å². The Kier molecular flexibility index (Phi) is 4.41. The molecule has 0 unspecified atom stereocenters. The number of aromatic nitrogens is 4. The van der Waals surface area contributed by atoms with Crippen molar-refractivity contribution < 1.29 is 19.2 Å². The van der Waals surface area contributed by atoms with Crippen molar-refractivity contribution in [3.05, 3.63) is 65.1 Å². The van der Waals surface area contributed by atoms with Gasteiger partial charge in [-0.1, -0.05) is 35.5 Å². The summed E-state index contributed by atoms with van der Waals surface area (Å²) in [6, 6.07) is 11.2. The van der Waals surface area contributed by atoms with E-state index < -0.39 is 5.97 Å². The molecule has 9 nitrogen and oxygen atoms in total. The van der Waals surface area contributed by atoms with Crippen molar-refractivity contribution in [3.8, 4) is 0 Å². The second-order valence-electron chi connectivity index (χ2n) is 6.25. The third-order valence-electron chi connectivity index (χ3n) is 4.40. The molecule has 1 aromatic carbocycles. The highest BCUT2D eigenvalue weighted by Gasteiger charge is 2.28. The smallest absolute Gasteiger partial charge is 0.356 e. The lowest BCUT2D eigenvalue weighted by Crippen LogP contribution is -2.41. The summed E-state index contributed by atoms with van der Waals surface area (Å²) in [4.78, 5) is 29.6. The second kappa shape index (κ2) is 7.02. The number of fused-ring (bicyclic) bond motifs is 1. The SMILES string of the molecule is O=C(O)c1cc2n(n1)CCN(CCc1nc(Cc3ccccc3)no1)C2=O. The Morgan fingerprint density at radius 1 is 1.22 bits per heavy atom. The van der Waals surface area contributed by atoms with Gasteiger partial charge in [0.25, 0.3) is 5.91 Å². The van der Waals surface area contributed by atoms with Crippen molar-refractivity contribution in [2.45, 2.75) is 19.4 Å². The summed E-state index contributed by atoms with van der Waals surface area (Å²) < 4.78 is 6.71. The first kappa shape index (κ1) is 17.0. The van der Waals surface area contributed by atoms with Crippen LogP contribution in [0, 0.1) is 0 Å². The zero-order valence-electron chi connectivity index (χ0n) is 14.4. The molecule has 0 spiro atoms. The van der Waals surface area contributed by atoms with Gasteiger partial charge in [0, 0.05) is 32.0 Å². The fourth-order valence-corrected chi connectivity index (χ4v) is 3.03. The molecule has 9 heteroatoms. The van der Waals surface area contributed by atoms with E-state index in [4.69, 9.17) is 9.63 Å². The molecule has 0 saturated carbocycles. The van der Waals surface area contributed by atoms with Crippen molar-refractivity contribution in [2.24, 2.45) is 0 Å². The molecule has 138 valence electrons. The number of hydrogen-bond donors (Lipinski definition) is 1. The minimum Gasteiger partial charge on any atom is -0.476 e. The van der Waals surface area contributed by atoms with Crippen LogP contribution in [0.15, 0.2) is 40.9 Å². The molecule has 0 atom stereocenters. The summed E-state index contributed by atoms with van der Waals surface area (Å²) in [6.07, 6.45) is 1.03. The summed E-state index contributed by atoms with van der Waals surface area (Å²) in [5, 5.41) is 16.9. The largest absolute Gasteiger partial charge is 0.476 e. The number of nitrogens with zero attached hydrogens (tertiary/aromatic N) is 5. The predicted octanol–water partition coefficient (Wildman–Crippen LogP) is 1.25. The molecule has 1 aliphatic heterocycles. The van der Waals surface area contributed by atoms with Crippen molar-refractivity contribution >= 4 is 11.9 Å². The molecule has 1 aliphatic rings. The number of hydrogen-bond acceptors (Lipinski definition) is 6. The van der Waals surface area contributed by atoms with Crippen LogP contribution >= 0.6 is 0 Å². The third kappa shape index (κ3) is 3.57. The molecule has 0 aliphatic carbocycles. The van der Waals surface area contributed by atoms with Gasteiger partial charge in [0.1, 0.15) is 5.69 Å². The first-order valence-electron chi connectivity index (χ1n) is 8.56. The number of benzene rings is 1. The molecule has 0 fully saturated rings. The number of carboxylic acids is 1. The molecule has 3 heterocycles. The maximum absolute atomic E-state index is 12.5. The zero-order valence-corrected chi connectivity index (χ0v) is 14.4. The molecule has 3 aromatic rings. The van der Waals surface area contributed by atoms with Gasteiger partial charge in [0.05, 0.1) is 6.54 Å². The highest BCUT2D eigenvalue weighted by atomic mass is 16.5. The van der Waals surface area contributed by atoms with Crippen LogP contribution in [0.2, 0.25) is 0 Å². The van der Waals surface area contributed by atoms with Gasteiger partial charge >= 0.3 is 5.97 Å². The van der Waals surface area contributed by atoms with Crippen LogP contribution in [-0.4, -0.2) is 54.9 Å². The second-order valence-corrected chi connectivity index (χ2v) is 6.25. The summed E-state index contributed by atoms with van der Waals surface area (Å²) in [6.45, 7) is 1.33. The average molecular weight is 367 g/mol. The minimum absolute atomic E-state index is 0.123. The molecule has 1 amide bonds. The van der Waals surface area contributed by atoms with Crippen LogP contribution in [0.3, 0.4) is 0 Å². The highest BCUT2D eigenvalue weighted by Crippen LogP contribution is 2.15. The lowest BCUT2D eigenvalue weighted by molar-refractivity contribution is 0.0676. The van der Waals surface area contributed by atoms with Crippen LogP contribution in [0.1, 0.15) is 38.3 Å². The number of amides is 1. The molecule has 0 saturated heterocycles.